The smallest absolute Gasteiger partial charge is 0.282 e. The summed E-state index contributed by atoms with van der Waals surface area (Å²) in [5, 5.41) is 6.93. The number of rotatable bonds is 5. The van der Waals surface area contributed by atoms with Crippen LogP contribution in [0.3, 0.4) is 0 Å². The maximum Gasteiger partial charge on any atom is 0.282 e. The van der Waals surface area contributed by atoms with Crippen LogP contribution in [0.1, 0.15) is 22.5 Å². The lowest BCUT2D eigenvalue weighted by Crippen LogP contribution is -2.15. The Morgan fingerprint density at radius 1 is 0.970 bits per heavy atom. The van der Waals surface area contributed by atoms with E-state index in [2.05, 4.69) is 10.4 Å². The van der Waals surface area contributed by atoms with E-state index in [1.165, 1.54) is 31.4 Å². The molecular formula is C24H16Cl2F3N3O. The van der Waals surface area contributed by atoms with E-state index in [-0.39, 0.29) is 16.3 Å². The van der Waals surface area contributed by atoms with E-state index < -0.39 is 23.8 Å². The Morgan fingerprint density at radius 3 is 2.27 bits per heavy atom. The topological polar surface area (TPSA) is 46.9 Å². The van der Waals surface area contributed by atoms with Gasteiger partial charge < -0.3 is 5.32 Å². The van der Waals surface area contributed by atoms with Gasteiger partial charge in [0, 0.05) is 24.4 Å². The summed E-state index contributed by atoms with van der Waals surface area (Å²) in [6.45, 7) is 0. The van der Waals surface area contributed by atoms with E-state index in [0.717, 1.165) is 4.68 Å². The van der Waals surface area contributed by atoms with Crippen molar-refractivity contribution in [1.29, 1.82) is 0 Å². The van der Waals surface area contributed by atoms with Crippen molar-refractivity contribution in [3.05, 3.63) is 94.0 Å². The number of halogens is 5. The van der Waals surface area contributed by atoms with Gasteiger partial charge in [-0.15, -0.1) is 0 Å². The summed E-state index contributed by atoms with van der Waals surface area (Å²) in [5.74, 6) is -1.36. The molecule has 4 aromatic rings. The molecule has 0 atom stereocenters. The molecule has 0 saturated carbocycles. The number of aryl methyl sites for hydroxylation is 1. The highest BCUT2D eigenvalue weighted by atomic mass is 35.5. The standard InChI is InChI=1S/C24H16Cl2F3N3O/c1-32-12-18(22(31-32)23(28)29)24(33)30-21-16(13-5-3-2-4-6-13)10-15(27)11-17(21)14-7-8-19(25)20(26)9-14/h2-12,23H,1H3,(H,30,33). The minimum atomic E-state index is -2.94. The molecule has 0 spiro atoms. The van der Waals surface area contributed by atoms with Crippen LogP contribution in [0.2, 0.25) is 10.0 Å². The molecule has 1 N–H and O–H groups in total. The first-order valence-electron chi connectivity index (χ1n) is 9.72. The second-order valence-corrected chi connectivity index (χ2v) is 8.04. The van der Waals surface area contributed by atoms with Gasteiger partial charge in [-0.3, -0.25) is 9.48 Å². The number of nitrogens with zero attached hydrogens (tertiary/aromatic N) is 2. The summed E-state index contributed by atoms with van der Waals surface area (Å²) in [7, 11) is 1.44. The summed E-state index contributed by atoms with van der Waals surface area (Å²) in [6.07, 6.45) is -1.73. The number of anilines is 1. The summed E-state index contributed by atoms with van der Waals surface area (Å²) in [4.78, 5) is 13.1. The van der Waals surface area contributed by atoms with E-state index >= 15 is 0 Å². The molecule has 4 rings (SSSR count). The highest BCUT2D eigenvalue weighted by Crippen LogP contribution is 2.40. The monoisotopic (exact) mass is 489 g/mol. The summed E-state index contributed by atoms with van der Waals surface area (Å²) in [5.41, 5.74) is 1.08. The molecule has 0 aliphatic rings. The zero-order valence-corrected chi connectivity index (χ0v) is 18.6. The highest BCUT2D eigenvalue weighted by Gasteiger charge is 2.25. The fraction of sp³-hybridized carbons (Fsp3) is 0.0833. The molecule has 168 valence electrons. The van der Waals surface area contributed by atoms with Crippen molar-refractivity contribution in [1.82, 2.24) is 9.78 Å². The van der Waals surface area contributed by atoms with Gasteiger partial charge in [-0.2, -0.15) is 5.10 Å². The zero-order valence-electron chi connectivity index (χ0n) is 17.1. The number of nitrogens with one attached hydrogen (secondary N) is 1. The lowest BCUT2D eigenvalue weighted by molar-refractivity contribution is 0.101. The van der Waals surface area contributed by atoms with Gasteiger partial charge >= 0.3 is 0 Å². The van der Waals surface area contributed by atoms with Gasteiger partial charge in [0.15, 0.2) is 0 Å². The van der Waals surface area contributed by atoms with Gasteiger partial charge in [-0.1, -0.05) is 59.6 Å². The average Bonchev–Trinajstić information content (AvgIpc) is 3.19. The average molecular weight is 490 g/mol. The molecule has 0 bridgehead atoms. The molecule has 0 unspecified atom stereocenters. The molecule has 1 aromatic heterocycles. The van der Waals surface area contributed by atoms with Gasteiger partial charge in [0.2, 0.25) is 0 Å². The van der Waals surface area contributed by atoms with E-state index in [4.69, 9.17) is 23.2 Å². The van der Waals surface area contributed by atoms with Crippen LogP contribution in [-0.4, -0.2) is 15.7 Å². The maximum absolute atomic E-state index is 14.7. The van der Waals surface area contributed by atoms with Crippen LogP contribution >= 0.6 is 23.2 Å². The van der Waals surface area contributed by atoms with Crippen LogP contribution < -0.4 is 5.32 Å². The first-order valence-corrected chi connectivity index (χ1v) is 10.5. The lowest BCUT2D eigenvalue weighted by atomic mass is 9.95. The number of carbonyl (C=O) groups is 1. The van der Waals surface area contributed by atoms with Gasteiger partial charge in [0.25, 0.3) is 12.3 Å². The van der Waals surface area contributed by atoms with Crippen LogP contribution in [0, 0.1) is 5.82 Å². The SMILES string of the molecule is Cn1cc(C(=O)Nc2c(-c3ccccc3)cc(F)cc2-c2ccc(Cl)c(Cl)c2)c(C(F)F)n1. The van der Waals surface area contributed by atoms with Crippen molar-refractivity contribution in [3.8, 4) is 22.3 Å². The summed E-state index contributed by atoms with van der Waals surface area (Å²) < 4.78 is 42.7. The predicted octanol–water partition coefficient (Wildman–Crippen LogP) is 7.39. The van der Waals surface area contributed by atoms with E-state index in [0.29, 0.717) is 27.3 Å². The summed E-state index contributed by atoms with van der Waals surface area (Å²) >= 11 is 12.2. The van der Waals surface area contributed by atoms with Crippen LogP contribution in [0.25, 0.3) is 22.3 Å². The first kappa shape index (κ1) is 22.9. The number of hydrogen-bond donors (Lipinski definition) is 1. The molecule has 0 saturated heterocycles. The Labute approximate surface area is 197 Å². The maximum atomic E-state index is 14.7. The van der Waals surface area contributed by atoms with Crippen molar-refractivity contribution >= 4 is 34.8 Å². The van der Waals surface area contributed by atoms with E-state index in [1.807, 2.05) is 0 Å². The minimum Gasteiger partial charge on any atom is -0.321 e. The molecule has 0 aliphatic heterocycles. The molecule has 3 aromatic carbocycles. The number of aromatic nitrogens is 2. The molecule has 9 heteroatoms. The Kier molecular flexibility index (Phi) is 6.44. The highest BCUT2D eigenvalue weighted by molar-refractivity contribution is 6.42. The normalized spacial score (nSPS) is 11.1. The van der Waals surface area contributed by atoms with Gasteiger partial charge in [0.05, 0.1) is 21.3 Å². The fourth-order valence-electron chi connectivity index (χ4n) is 3.50. The largest absolute Gasteiger partial charge is 0.321 e. The van der Waals surface area contributed by atoms with Gasteiger partial charge in [-0.05, 0) is 35.4 Å². The second kappa shape index (κ2) is 9.29. The number of alkyl halides is 2. The third kappa shape index (κ3) is 4.74. The Morgan fingerprint density at radius 2 is 1.64 bits per heavy atom. The molecule has 0 aliphatic carbocycles. The van der Waals surface area contributed by atoms with Crippen LogP contribution in [-0.2, 0) is 7.05 Å². The van der Waals surface area contributed by atoms with Crippen LogP contribution in [0.5, 0.6) is 0 Å². The Bertz CT molecular complexity index is 1340. The molecule has 1 amide bonds. The van der Waals surface area contributed by atoms with E-state index in [9.17, 15) is 18.0 Å². The minimum absolute atomic E-state index is 0.232. The van der Waals surface area contributed by atoms with Crippen molar-refractivity contribution < 1.29 is 18.0 Å². The van der Waals surface area contributed by atoms with Gasteiger partial charge in [0.1, 0.15) is 11.5 Å². The second-order valence-electron chi connectivity index (χ2n) is 7.23. The number of amides is 1. The fourth-order valence-corrected chi connectivity index (χ4v) is 3.80. The van der Waals surface area contributed by atoms with Crippen LogP contribution in [0.4, 0.5) is 18.9 Å². The Balaban J connectivity index is 1.91. The van der Waals surface area contributed by atoms with Crippen molar-refractivity contribution in [2.75, 3.05) is 5.32 Å². The first-order chi connectivity index (χ1) is 15.7. The Hall–Kier alpha value is -3.29. The summed E-state index contributed by atoms with van der Waals surface area (Å²) in [6, 6.07) is 16.0. The third-order valence-electron chi connectivity index (χ3n) is 4.97. The van der Waals surface area contributed by atoms with Crippen LogP contribution in [0.15, 0.2) is 66.9 Å². The lowest BCUT2D eigenvalue weighted by Gasteiger charge is -2.17. The molecule has 1 heterocycles. The molecule has 33 heavy (non-hydrogen) atoms. The zero-order chi connectivity index (χ0) is 23.7. The molecule has 4 nitrogen and oxygen atoms in total. The quantitative estimate of drug-likeness (QED) is 0.317. The number of benzene rings is 3. The predicted molar refractivity (Wildman–Crippen MR) is 123 cm³/mol. The molecular weight excluding hydrogens is 474 g/mol. The number of hydrogen-bond acceptors (Lipinski definition) is 2. The van der Waals surface area contributed by atoms with E-state index in [1.54, 1.807) is 42.5 Å². The van der Waals surface area contributed by atoms with Gasteiger partial charge in [-0.25, -0.2) is 13.2 Å². The van der Waals surface area contributed by atoms with Crippen molar-refractivity contribution in [2.24, 2.45) is 7.05 Å². The third-order valence-corrected chi connectivity index (χ3v) is 5.70. The molecule has 0 fully saturated rings. The van der Waals surface area contributed by atoms with Crippen molar-refractivity contribution in [3.63, 3.8) is 0 Å². The number of carbonyl (C=O) groups excluding carboxylic acids is 1. The van der Waals surface area contributed by atoms with Crippen molar-refractivity contribution in [2.45, 2.75) is 6.43 Å². The molecule has 0 radical (unpaired) electrons.